The summed E-state index contributed by atoms with van der Waals surface area (Å²) in [5.41, 5.74) is 0. The van der Waals surface area contributed by atoms with Crippen molar-refractivity contribution in [3.05, 3.63) is 33.1 Å². The summed E-state index contributed by atoms with van der Waals surface area (Å²) < 4.78 is 1.01. The van der Waals surface area contributed by atoms with E-state index in [1.807, 2.05) is 6.07 Å². The monoisotopic (exact) mass is 231 g/mol. The van der Waals surface area contributed by atoms with Crippen LogP contribution in [0.2, 0.25) is 10.0 Å². The highest BCUT2D eigenvalue weighted by Crippen LogP contribution is 2.35. The van der Waals surface area contributed by atoms with Gasteiger partial charge in [0.25, 0.3) is 0 Å². The van der Waals surface area contributed by atoms with Gasteiger partial charge in [-0.2, -0.15) is 0 Å². The van der Waals surface area contributed by atoms with Crippen molar-refractivity contribution in [3.8, 4) is 0 Å². The topological polar surface area (TPSA) is 19.9 Å². The first-order chi connectivity index (χ1) is 6.22. The van der Waals surface area contributed by atoms with Gasteiger partial charge in [-0.1, -0.05) is 23.2 Å². The maximum absolute atomic E-state index is 10.6. The molecule has 0 amide bonds. The molecule has 1 aromatic heterocycles. The first-order valence-electron chi connectivity index (χ1n) is 3.67. The molecule has 0 bridgehead atoms. The molecule has 1 radical (unpaired) electrons. The fourth-order valence-corrected chi connectivity index (χ4v) is 2.54. The number of hydrogen-bond donors (Lipinski definition) is 0. The summed E-state index contributed by atoms with van der Waals surface area (Å²) >= 11 is 13.3. The highest BCUT2D eigenvalue weighted by atomic mass is 35.5. The van der Waals surface area contributed by atoms with Gasteiger partial charge in [-0.3, -0.25) is 0 Å². The van der Waals surface area contributed by atoms with E-state index in [1.165, 1.54) is 11.3 Å². The minimum atomic E-state index is -0.201. The third kappa shape index (κ3) is 1.55. The molecule has 0 atom stereocenters. The van der Waals surface area contributed by atoms with E-state index >= 15 is 0 Å². The molecule has 2 rings (SSSR count). The molecule has 0 N–H and O–H groups in total. The highest BCUT2D eigenvalue weighted by molar-refractivity contribution is 7.19. The van der Waals surface area contributed by atoms with E-state index in [9.17, 15) is 5.11 Å². The molecule has 0 fully saturated rings. The maximum Gasteiger partial charge on any atom is 0.116 e. The smallest absolute Gasteiger partial charge is 0.116 e. The number of benzene rings is 1. The Hall–Kier alpha value is -0.280. The lowest BCUT2D eigenvalue weighted by Crippen LogP contribution is -1.69. The first-order valence-corrected chi connectivity index (χ1v) is 5.24. The van der Waals surface area contributed by atoms with Crippen molar-refractivity contribution < 1.29 is 5.11 Å². The van der Waals surface area contributed by atoms with Crippen LogP contribution < -0.4 is 0 Å². The molecule has 0 saturated heterocycles. The van der Waals surface area contributed by atoms with E-state index in [-0.39, 0.29) is 6.61 Å². The Morgan fingerprint density at radius 3 is 2.77 bits per heavy atom. The van der Waals surface area contributed by atoms with Crippen molar-refractivity contribution in [1.82, 2.24) is 0 Å². The molecule has 1 nitrogen and oxygen atoms in total. The molecular weight excluding hydrogens is 227 g/mol. The second-order valence-corrected chi connectivity index (χ2v) is 4.58. The molecular formula is C9H5Cl2OS. The van der Waals surface area contributed by atoms with Gasteiger partial charge in [0.2, 0.25) is 0 Å². The van der Waals surface area contributed by atoms with Gasteiger partial charge >= 0.3 is 0 Å². The summed E-state index contributed by atoms with van der Waals surface area (Å²) in [4.78, 5) is 0.791. The Morgan fingerprint density at radius 1 is 1.31 bits per heavy atom. The van der Waals surface area contributed by atoms with Crippen LogP contribution in [0.5, 0.6) is 0 Å². The van der Waals surface area contributed by atoms with E-state index in [0.717, 1.165) is 15.0 Å². The van der Waals surface area contributed by atoms with E-state index < -0.39 is 0 Å². The van der Waals surface area contributed by atoms with Crippen molar-refractivity contribution in [2.45, 2.75) is 6.61 Å². The third-order valence-corrected chi connectivity index (χ3v) is 3.67. The lowest BCUT2D eigenvalue weighted by molar-refractivity contribution is 0.180. The lowest BCUT2D eigenvalue weighted by atomic mass is 10.2. The van der Waals surface area contributed by atoms with Gasteiger partial charge in [-0.25, -0.2) is 5.11 Å². The Bertz CT molecular complexity index is 450. The predicted octanol–water partition coefficient (Wildman–Crippen LogP) is 4.14. The van der Waals surface area contributed by atoms with Gasteiger partial charge in [-0.05, 0) is 18.2 Å². The van der Waals surface area contributed by atoms with Crippen molar-refractivity contribution in [3.63, 3.8) is 0 Å². The van der Waals surface area contributed by atoms with Gasteiger partial charge in [0.15, 0.2) is 0 Å². The van der Waals surface area contributed by atoms with Crippen LogP contribution in [0.25, 0.3) is 10.1 Å². The van der Waals surface area contributed by atoms with Crippen molar-refractivity contribution >= 4 is 44.6 Å². The zero-order valence-corrected chi connectivity index (χ0v) is 8.84. The molecule has 0 saturated carbocycles. The van der Waals surface area contributed by atoms with Crippen LogP contribution in [-0.2, 0) is 11.7 Å². The summed E-state index contributed by atoms with van der Waals surface area (Å²) in [7, 11) is 0. The van der Waals surface area contributed by atoms with Crippen LogP contribution in [-0.4, -0.2) is 0 Å². The maximum atomic E-state index is 10.6. The van der Waals surface area contributed by atoms with Crippen LogP contribution in [0.1, 0.15) is 4.88 Å². The quantitative estimate of drug-likeness (QED) is 0.704. The summed E-state index contributed by atoms with van der Waals surface area (Å²) in [6.45, 7) is -0.201. The SMILES string of the molecule is [O]Cc1cc2c(Cl)c(Cl)ccc2s1. The fourth-order valence-electron chi connectivity index (χ4n) is 1.17. The van der Waals surface area contributed by atoms with Crippen LogP contribution in [0, 0.1) is 0 Å². The number of thiophene rings is 1. The average molecular weight is 232 g/mol. The third-order valence-electron chi connectivity index (χ3n) is 1.78. The largest absolute Gasteiger partial charge is 0.231 e. The molecule has 0 aliphatic heterocycles. The van der Waals surface area contributed by atoms with Gasteiger partial charge < -0.3 is 0 Å². The summed E-state index contributed by atoms with van der Waals surface area (Å²) in [6, 6.07) is 5.44. The van der Waals surface area contributed by atoms with Gasteiger partial charge in [0.05, 0.1) is 10.0 Å². The molecule has 1 heterocycles. The number of hydrogen-bond acceptors (Lipinski definition) is 1. The molecule has 0 spiro atoms. The fraction of sp³-hybridized carbons (Fsp3) is 0.111. The lowest BCUT2D eigenvalue weighted by Gasteiger charge is -1.95. The summed E-state index contributed by atoms with van der Waals surface area (Å²) in [6.07, 6.45) is 0. The van der Waals surface area contributed by atoms with Crippen molar-refractivity contribution in [2.75, 3.05) is 0 Å². The Kier molecular flexibility index (Phi) is 2.47. The Balaban J connectivity index is 2.76. The zero-order chi connectivity index (χ0) is 9.42. The van der Waals surface area contributed by atoms with Crippen LogP contribution >= 0.6 is 34.5 Å². The van der Waals surface area contributed by atoms with Crippen molar-refractivity contribution in [1.29, 1.82) is 0 Å². The number of halogens is 2. The van der Waals surface area contributed by atoms with Gasteiger partial charge in [-0.15, -0.1) is 11.3 Å². The van der Waals surface area contributed by atoms with Crippen LogP contribution in [0.4, 0.5) is 0 Å². The minimum absolute atomic E-state index is 0.201. The second-order valence-electron chi connectivity index (χ2n) is 2.63. The molecule has 1 aromatic carbocycles. The summed E-state index contributed by atoms with van der Waals surface area (Å²) in [5, 5.41) is 12.6. The molecule has 0 aliphatic carbocycles. The number of fused-ring (bicyclic) bond motifs is 1. The molecule has 0 unspecified atom stereocenters. The van der Waals surface area contributed by atoms with E-state index in [1.54, 1.807) is 12.1 Å². The first kappa shape index (κ1) is 9.28. The Labute approximate surface area is 89.5 Å². The highest BCUT2D eigenvalue weighted by Gasteiger charge is 2.07. The van der Waals surface area contributed by atoms with Crippen LogP contribution in [0.15, 0.2) is 18.2 Å². The van der Waals surface area contributed by atoms with Gasteiger partial charge in [0, 0.05) is 15.0 Å². The predicted molar refractivity (Wildman–Crippen MR) is 56.2 cm³/mol. The van der Waals surface area contributed by atoms with Crippen LogP contribution in [0.3, 0.4) is 0 Å². The second kappa shape index (κ2) is 3.46. The van der Waals surface area contributed by atoms with E-state index in [2.05, 4.69) is 0 Å². The Morgan fingerprint density at radius 2 is 2.08 bits per heavy atom. The van der Waals surface area contributed by atoms with Crippen molar-refractivity contribution in [2.24, 2.45) is 0 Å². The van der Waals surface area contributed by atoms with E-state index in [0.29, 0.717) is 10.0 Å². The average Bonchev–Trinajstić information content (AvgIpc) is 2.55. The number of rotatable bonds is 1. The summed E-state index contributed by atoms with van der Waals surface area (Å²) in [5.74, 6) is 0. The molecule has 0 aliphatic rings. The normalized spacial score (nSPS) is 11.0. The molecule has 4 heteroatoms. The minimum Gasteiger partial charge on any atom is -0.231 e. The molecule has 2 aromatic rings. The van der Waals surface area contributed by atoms with E-state index in [4.69, 9.17) is 23.2 Å². The zero-order valence-electron chi connectivity index (χ0n) is 6.51. The van der Waals surface area contributed by atoms with Gasteiger partial charge in [0.1, 0.15) is 6.61 Å². The molecule has 13 heavy (non-hydrogen) atoms. The molecule has 67 valence electrons. The standard InChI is InChI=1S/C9H5Cl2OS/c10-7-1-2-8-6(9(7)11)3-5(4-12)13-8/h1-3H,4H2.